The van der Waals surface area contributed by atoms with Gasteiger partial charge in [0.25, 0.3) is 0 Å². The molecule has 0 spiro atoms. The van der Waals surface area contributed by atoms with E-state index in [2.05, 4.69) is 37.6 Å². The highest BCUT2D eigenvalue weighted by Crippen LogP contribution is 2.21. The number of nitrogens with zero attached hydrogens (tertiary/aromatic N) is 1. The van der Waals surface area contributed by atoms with Gasteiger partial charge in [0, 0.05) is 31.2 Å². The van der Waals surface area contributed by atoms with Crippen LogP contribution >= 0.6 is 0 Å². The third-order valence-electron chi connectivity index (χ3n) is 3.89. The number of piperazine rings is 1. The first-order chi connectivity index (χ1) is 7.17. The Bertz CT molecular complexity index is 197. The maximum Gasteiger partial charge on any atom is 0.0304 e. The van der Waals surface area contributed by atoms with Crippen LogP contribution in [0, 0.1) is 0 Å². The van der Waals surface area contributed by atoms with Crippen molar-refractivity contribution in [3.8, 4) is 0 Å². The molecule has 0 aromatic carbocycles. The summed E-state index contributed by atoms with van der Waals surface area (Å²) in [6, 6.07) is 0.641. The molecule has 0 radical (unpaired) electrons. The lowest BCUT2D eigenvalue weighted by atomic mass is 9.89. The highest BCUT2D eigenvalue weighted by Gasteiger charge is 2.32. The molecular weight excluding hydrogens is 184 g/mol. The first-order valence-corrected chi connectivity index (χ1v) is 6.27. The minimum absolute atomic E-state index is 0.355. The molecule has 2 heteroatoms. The number of nitrogens with one attached hydrogen (secondary N) is 1. The summed E-state index contributed by atoms with van der Waals surface area (Å²) in [7, 11) is 0. The molecule has 0 saturated carbocycles. The first-order valence-electron chi connectivity index (χ1n) is 6.27. The monoisotopic (exact) mass is 210 g/mol. The van der Waals surface area contributed by atoms with Gasteiger partial charge < -0.3 is 5.32 Å². The van der Waals surface area contributed by atoms with E-state index >= 15 is 0 Å². The van der Waals surface area contributed by atoms with Crippen LogP contribution in [-0.4, -0.2) is 36.1 Å². The molecular formula is C13H26N2. The largest absolute Gasteiger partial charge is 0.309 e. The Hall–Kier alpha value is -0.340. The van der Waals surface area contributed by atoms with E-state index in [-0.39, 0.29) is 0 Å². The van der Waals surface area contributed by atoms with Crippen LogP contribution < -0.4 is 5.32 Å². The quantitative estimate of drug-likeness (QED) is 0.701. The van der Waals surface area contributed by atoms with Gasteiger partial charge in [-0.25, -0.2) is 0 Å². The molecule has 1 aliphatic rings. The predicted octanol–water partition coefficient (Wildman–Crippen LogP) is 2.42. The Labute approximate surface area is 94.7 Å². The van der Waals surface area contributed by atoms with Crippen molar-refractivity contribution in [2.24, 2.45) is 0 Å². The first kappa shape index (κ1) is 12.7. The van der Waals surface area contributed by atoms with E-state index in [1.54, 1.807) is 0 Å². The zero-order valence-electron chi connectivity index (χ0n) is 10.6. The van der Waals surface area contributed by atoms with E-state index in [9.17, 15) is 0 Å². The normalized spacial score (nSPS) is 23.7. The minimum atomic E-state index is 0.355. The van der Waals surface area contributed by atoms with Crippen LogP contribution in [0.15, 0.2) is 12.7 Å². The number of hydrogen-bond acceptors (Lipinski definition) is 2. The molecule has 88 valence electrons. The molecule has 0 bridgehead atoms. The second kappa shape index (κ2) is 5.66. The Morgan fingerprint density at radius 2 is 2.13 bits per heavy atom. The Kier molecular flexibility index (Phi) is 4.81. The lowest BCUT2D eigenvalue weighted by Crippen LogP contribution is -2.61. The Morgan fingerprint density at radius 1 is 1.47 bits per heavy atom. The van der Waals surface area contributed by atoms with Crippen LogP contribution in [0.25, 0.3) is 0 Å². The predicted molar refractivity (Wildman–Crippen MR) is 67.2 cm³/mol. The zero-order chi connectivity index (χ0) is 11.3. The van der Waals surface area contributed by atoms with Gasteiger partial charge in [0.05, 0.1) is 0 Å². The summed E-state index contributed by atoms with van der Waals surface area (Å²) in [5.41, 5.74) is 0.355. The van der Waals surface area contributed by atoms with E-state index in [1.807, 2.05) is 6.08 Å². The van der Waals surface area contributed by atoms with Crippen molar-refractivity contribution in [3.05, 3.63) is 12.7 Å². The molecule has 2 nitrogen and oxygen atoms in total. The fourth-order valence-electron chi connectivity index (χ4n) is 2.48. The SMILES string of the molecule is C=CCC(C)N1CCNC(CC)(CC)C1. The number of rotatable bonds is 5. The van der Waals surface area contributed by atoms with Crippen LogP contribution in [0.5, 0.6) is 0 Å². The topological polar surface area (TPSA) is 15.3 Å². The van der Waals surface area contributed by atoms with Crippen LogP contribution in [0.2, 0.25) is 0 Å². The smallest absolute Gasteiger partial charge is 0.0304 e. The summed E-state index contributed by atoms with van der Waals surface area (Å²) in [5, 5.41) is 3.69. The molecule has 0 aliphatic carbocycles. The van der Waals surface area contributed by atoms with Crippen LogP contribution in [0.4, 0.5) is 0 Å². The average Bonchev–Trinajstić information content (AvgIpc) is 2.29. The molecule has 1 atom stereocenters. The van der Waals surface area contributed by atoms with Crippen LogP contribution in [-0.2, 0) is 0 Å². The summed E-state index contributed by atoms with van der Waals surface area (Å²) in [6.07, 6.45) is 5.58. The van der Waals surface area contributed by atoms with Crippen molar-refractivity contribution in [1.82, 2.24) is 10.2 Å². The Morgan fingerprint density at radius 3 is 2.67 bits per heavy atom. The van der Waals surface area contributed by atoms with Gasteiger partial charge in [-0.3, -0.25) is 4.90 Å². The molecule has 0 aromatic rings. The summed E-state index contributed by atoms with van der Waals surface area (Å²) in [5.74, 6) is 0. The molecule has 1 rings (SSSR count). The molecule has 1 heterocycles. The summed E-state index contributed by atoms with van der Waals surface area (Å²) in [6.45, 7) is 14.2. The van der Waals surface area contributed by atoms with Gasteiger partial charge in [0.1, 0.15) is 0 Å². The van der Waals surface area contributed by atoms with Gasteiger partial charge in [0.15, 0.2) is 0 Å². The summed E-state index contributed by atoms with van der Waals surface area (Å²) < 4.78 is 0. The molecule has 15 heavy (non-hydrogen) atoms. The van der Waals surface area contributed by atoms with E-state index in [0.29, 0.717) is 11.6 Å². The van der Waals surface area contributed by atoms with Gasteiger partial charge in [-0.05, 0) is 26.2 Å². The molecule has 1 N–H and O–H groups in total. The summed E-state index contributed by atoms with van der Waals surface area (Å²) >= 11 is 0. The summed E-state index contributed by atoms with van der Waals surface area (Å²) in [4.78, 5) is 2.60. The van der Waals surface area contributed by atoms with Gasteiger partial charge in [-0.2, -0.15) is 0 Å². The van der Waals surface area contributed by atoms with Crippen molar-refractivity contribution in [2.45, 2.75) is 51.6 Å². The maximum absolute atomic E-state index is 3.83. The van der Waals surface area contributed by atoms with Gasteiger partial charge in [0.2, 0.25) is 0 Å². The standard InChI is InChI=1S/C13H26N2/c1-5-8-12(4)15-10-9-14-13(6-2,7-3)11-15/h5,12,14H,1,6-11H2,2-4H3. The average molecular weight is 210 g/mol. The fraction of sp³-hybridized carbons (Fsp3) is 0.846. The van der Waals surface area contributed by atoms with Crippen LogP contribution in [0.1, 0.15) is 40.0 Å². The molecule has 1 saturated heterocycles. The molecule has 0 aromatic heterocycles. The minimum Gasteiger partial charge on any atom is -0.309 e. The van der Waals surface area contributed by atoms with Crippen LogP contribution in [0.3, 0.4) is 0 Å². The van der Waals surface area contributed by atoms with E-state index in [4.69, 9.17) is 0 Å². The van der Waals surface area contributed by atoms with Crippen molar-refractivity contribution in [1.29, 1.82) is 0 Å². The van der Waals surface area contributed by atoms with Gasteiger partial charge in [-0.1, -0.05) is 19.9 Å². The lowest BCUT2D eigenvalue weighted by molar-refractivity contribution is 0.0929. The lowest BCUT2D eigenvalue weighted by Gasteiger charge is -2.45. The molecule has 0 amide bonds. The van der Waals surface area contributed by atoms with Gasteiger partial charge in [-0.15, -0.1) is 6.58 Å². The van der Waals surface area contributed by atoms with E-state index in [0.717, 1.165) is 13.0 Å². The van der Waals surface area contributed by atoms with Crippen molar-refractivity contribution in [2.75, 3.05) is 19.6 Å². The van der Waals surface area contributed by atoms with Crippen molar-refractivity contribution >= 4 is 0 Å². The third-order valence-corrected chi connectivity index (χ3v) is 3.89. The third kappa shape index (κ3) is 3.05. The molecule has 1 fully saturated rings. The second-order valence-electron chi connectivity index (χ2n) is 4.76. The highest BCUT2D eigenvalue weighted by atomic mass is 15.2. The molecule has 1 unspecified atom stereocenters. The van der Waals surface area contributed by atoms with Gasteiger partial charge >= 0.3 is 0 Å². The Balaban J connectivity index is 2.58. The molecule has 1 aliphatic heterocycles. The van der Waals surface area contributed by atoms with E-state index in [1.165, 1.54) is 25.9 Å². The zero-order valence-corrected chi connectivity index (χ0v) is 10.6. The van der Waals surface area contributed by atoms with E-state index < -0.39 is 0 Å². The fourth-order valence-corrected chi connectivity index (χ4v) is 2.48. The second-order valence-corrected chi connectivity index (χ2v) is 4.76. The van der Waals surface area contributed by atoms with Crippen molar-refractivity contribution < 1.29 is 0 Å². The maximum atomic E-state index is 3.83. The van der Waals surface area contributed by atoms with Crippen molar-refractivity contribution in [3.63, 3.8) is 0 Å². The number of hydrogen-bond donors (Lipinski definition) is 1. The highest BCUT2D eigenvalue weighted by molar-refractivity contribution is 4.94.